The quantitative estimate of drug-likeness (QED) is 0.675. The van der Waals surface area contributed by atoms with Gasteiger partial charge in [-0.15, -0.1) is 0 Å². The molecular formula is C15H13ClN2O. The summed E-state index contributed by atoms with van der Waals surface area (Å²) in [7, 11) is 0. The molecule has 0 aromatic heterocycles. The molecule has 0 aliphatic carbocycles. The van der Waals surface area contributed by atoms with Gasteiger partial charge in [0.05, 0.1) is 16.8 Å². The van der Waals surface area contributed by atoms with Crippen molar-refractivity contribution in [2.24, 2.45) is 5.10 Å². The minimum atomic E-state index is -0.325. The van der Waals surface area contributed by atoms with E-state index in [2.05, 4.69) is 10.5 Å². The van der Waals surface area contributed by atoms with Crippen molar-refractivity contribution in [2.45, 2.75) is 6.92 Å². The molecule has 2 rings (SSSR count). The van der Waals surface area contributed by atoms with Gasteiger partial charge >= 0.3 is 0 Å². The lowest BCUT2D eigenvalue weighted by atomic mass is 10.2. The SMILES string of the molecule is Cc1cccc(/C=N/NC(=O)c2ccccc2Cl)c1. The summed E-state index contributed by atoms with van der Waals surface area (Å²) in [6, 6.07) is 14.7. The van der Waals surface area contributed by atoms with Crippen LogP contribution in [0, 0.1) is 6.92 Å². The first kappa shape index (κ1) is 13.3. The maximum Gasteiger partial charge on any atom is 0.272 e. The third kappa shape index (κ3) is 3.66. The van der Waals surface area contributed by atoms with Gasteiger partial charge in [-0.05, 0) is 24.6 Å². The van der Waals surface area contributed by atoms with E-state index in [9.17, 15) is 4.79 Å². The van der Waals surface area contributed by atoms with Gasteiger partial charge in [-0.25, -0.2) is 5.43 Å². The Hall–Kier alpha value is -2.13. The molecule has 0 aliphatic heterocycles. The van der Waals surface area contributed by atoms with Crippen molar-refractivity contribution < 1.29 is 4.79 Å². The number of hydrogen-bond donors (Lipinski definition) is 1. The lowest BCUT2D eigenvalue weighted by molar-refractivity contribution is 0.0955. The molecule has 0 saturated heterocycles. The Kier molecular flexibility index (Phi) is 4.31. The summed E-state index contributed by atoms with van der Waals surface area (Å²) in [5.74, 6) is -0.325. The van der Waals surface area contributed by atoms with Crippen LogP contribution in [0.15, 0.2) is 53.6 Å². The number of amides is 1. The van der Waals surface area contributed by atoms with Crippen LogP contribution < -0.4 is 5.43 Å². The van der Waals surface area contributed by atoms with E-state index >= 15 is 0 Å². The summed E-state index contributed by atoms with van der Waals surface area (Å²) in [5, 5.41) is 4.33. The monoisotopic (exact) mass is 272 g/mol. The van der Waals surface area contributed by atoms with Crippen LogP contribution in [-0.2, 0) is 0 Å². The van der Waals surface area contributed by atoms with Crippen molar-refractivity contribution in [2.75, 3.05) is 0 Å². The predicted octanol–water partition coefficient (Wildman–Crippen LogP) is 3.41. The van der Waals surface area contributed by atoms with Gasteiger partial charge in [0.25, 0.3) is 5.91 Å². The first-order valence-electron chi connectivity index (χ1n) is 5.81. The van der Waals surface area contributed by atoms with Gasteiger partial charge in [-0.2, -0.15) is 5.10 Å². The molecule has 0 bridgehead atoms. The van der Waals surface area contributed by atoms with Crippen LogP contribution in [0.1, 0.15) is 21.5 Å². The van der Waals surface area contributed by atoms with Gasteiger partial charge in [0, 0.05) is 0 Å². The Morgan fingerprint density at radius 3 is 2.74 bits per heavy atom. The third-order valence-corrected chi connectivity index (χ3v) is 2.87. The average Bonchev–Trinajstić information content (AvgIpc) is 2.39. The maximum absolute atomic E-state index is 11.8. The highest BCUT2D eigenvalue weighted by Crippen LogP contribution is 2.14. The number of halogens is 1. The zero-order valence-corrected chi connectivity index (χ0v) is 11.2. The average molecular weight is 273 g/mol. The van der Waals surface area contributed by atoms with E-state index in [0.717, 1.165) is 11.1 Å². The normalized spacial score (nSPS) is 10.6. The Morgan fingerprint density at radius 2 is 2.00 bits per heavy atom. The van der Waals surface area contributed by atoms with Crippen molar-refractivity contribution >= 4 is 23.7 Å². The molecule has 3 nitrogen and oxygen atoms in total. The van der Waals surface area contributed by atoms with Gasteiger partial charge in [-0.3, -0.25) is 4.79 Å². The molecule has 19 heavy (non-hydrogen) atoms. The molecule has 2 aromatic rings. The van der Waals surface area contributed by atoms with E-state index in [-0.39, 0.29) is 5.91 Å². The van der Waals surface area contributed by atoms with Gasteiger partial charge in [0.1, 0.15) is 0 Å². The fourth-order valence-electron chi connectivity index (χ4n) is 1.62. The van der Waals surface area contributed by atoms with Crippen LogP contribution in [0.5, 0.6) is 0 Å². The van der Waals surface area contributed by atoms with Crippen LogP contribution in [0.3, 0.4) is 0 Å². The molecule has 0 fully saturated rings. The maximum atomic E-state index is 11.8. The van der Waals surface area contributed by atoms with E-state index < -0.39 is 0 Å². The molecule has 0 aliphatic rings. The van der Waals surface area contributed by atoms with E-state index in [1.165, 1.54) is 0 Å². The van der Waals surface area contributed by atoms with Crippen LogP contribution in [0.4, 0.5) is 0 Å². The molecule has 2 aromatic carbocycles. The topological polar surface area (TPSA) is 41.5 Å². The van der Waals surface area contributed by atoms with Crippen molar-refractivity contribution in [3.63, 3.8) is 0 Å². The molecule has 0 atom stereocenters. The van der Waals surface area contributed by atoms with E-state index in [1.807, 2.05) is 31.2 Å². The summed E-state index contributed by atoms with van der Waals surface area (Å²) in [6.45, 7) is 2.00. The number of nitrogens with zero attached hydrogens (tertiary/aromatic N) is 1. The molecule has 0 saturated carbocycles. The minimum absolute atomic E-state index is 0.325. The van der Waals surface area contributed by atoms with Crippen molar-refractivity contribution in [3.05, 3.63) is 70.2 Å². The van der Waals surface area contributed by atoms with Gasteiger partial charge in [0.2, 0.25) is 0 Å². The largest absolute Gasteiger partial charge is 0.272 e. The van der Waals surface area contributed by atoms with Crippen LogP contribution in [-0.4, -0.2) is 12.1 Å². The van der Waals surface area contributed by atoms with Crippen molar-refractivity contribution in [1.82, 2.24) is 5.43 Å². The van der Waals surface area contributed by atoms with E-state index in [4.69, 9.17) is 11.6 Å². The smallest absolute Gasteiger partial charge is 0.267 e. The number of hydrazone groups is 1. The molecule has 4 heteroatoms. The van der Waals surface area contributed by atoms with Crippen molar-refractivity contribution in [1.29, 1.82) is 0 Å². The lowest BCUT2D eigenvalue weighted by Crippen LogP contribution is -2.17. The second kappa shape index (κ2) is 6.16. The molecule has 1 N–H and O–H groups in total. The van der Waals surface area contributed by atoms with Gasteiger partial charge in [0.15, 0.2) is 0 Å². The fraction of sp³-hybridized carbons (Fsp3) is 0.0667. The molecule has 96 valence electrons. The number of aryl methyl sites for hydroxylation is 1. The second-order valence-electron chi connectivity index (χ2n) is 4.09. The first-order valence-corrected chi connectivity index (χ1v) is 6.19. The third-order valence-electron chi connectivity index (χ3n) is 2.54. The predicted molar refractivity (Wildman–Crippen MR) is 77.7 cm³/mol. The van der Waals surface area contributed by atoms with Crippen LogP contribution >= 0.6 is 11.6 Å². The minimum Gasteiger partial charge on any atom is -0.267 e. The Morgan fingerprint density at radius 1 is 1.21 bits per heavy atom. The summed E-state index contributed by atoms with van der Waals surface area (Å²) >= 11 is 5.92. The summed E-state index contributed by atoms with van der Waals surface area (Å²) < 4.78 is 0. The van der Waals surface area contributed by atoms with E-state index in [1.54, 1.807) is 30.5 Å². The number of rotatable bonds is 3. The van der Waals surface area contributed by atoms with Crippen LogP contribution in [0.25, 0.3) is 0 Å². The summed E-state index contributed by atoms with van der Waals surface area (Å²) in [5.41, 5.74) is 4.93. The van der Waals surface area contributed by atoms with Crippen LogP contribution in [0.2, 0.25) is 5.02 Å². The highest BCUT2D eigenvalue weighted by molar-refractivity contribution is 6.33. The van der Waals surface area contributed by atoms with E-state index in [0.29, 0.717) is 10.6 Å². The highest BCUT2D eigenvalue weighted by atomic mass is 35.5. The van der Waals surface area contributed by atoms with Crippen molar-refractivity contribution in [3.8, 4) is 0 Å². The van der Waals surface area contributed by atoms with Gasteiger partial charge in [-0.1, -0.05) is 53.6 Å². The fourth-order valence-corrected chi connectivity index (χ4v) is 1.84. The molecule has 0 unspecified atom stereocenters. The first-order chi connectivity index (χ1) is 9.16. The van der Waals surface area contributed by atoms with Gasteiger partial charge < -0.3 is 0 Å². The zero-order valence-electron chi connectivity index (χ0n) is 10.4. The second-order valence-corrected chi connectivity index (χ2v) is 4.50. The number of carbonyl (C=O) groups is 1. The summed E-state index contributed by atoms with van der Waals surface area (Å²) in [6.07, 6.45) is 1.60. The number of carbonyl (C=O) groups excluding carboxylic acids is 1. The Labute approximate surface area is 116 Å². The Balaban J connectivity index is 2.03. The lowest BCUT2D eigenvalue weighted by Gasteiger charge is -2.01. The Bertz CT molecular complexity index is 623. The standard InChI is InChI=1S/C15H13ClN2O/c1-11-5-4-6-12(9-11)10-17-18-15(19)13-7-2-3-8-14(13)16/h2-10H,1H3,(H,18,19)/b17-10+. The molecule has 1 amide bonds. The highest BCUT2D eigenvalue weighted by Gasteiger charge is 2.07. The zero-order chi connectivity index (χ0) is 13.7. The number of hydrogen-bond acceptors (Lipinski definition) is 2. The molecular weight excluding hydrogens is 260 g/mol. The molecule has 0 radical (unpaired) electrons. The molecule has 0 heterocycles. The summed E-state index contributed by atoms with van der Waals surface area (Å²) in [4.78, 5) is 11.8. The molecule has 0 spiro atoms. The number of benzene rings is 2. The number of nitrogens with one attached hydrogen (secondary N) is 1.